The summed E-state index contributed by atoms with van der Waals surface area (Å²) in [6, 6.07) is 4.37. The van der Waals surface area contributed by atoms with E-state index < -0.39 is 10.0 Å². The second-order valence-corrected chi connectivity index (χ2v) is 6.63. The van der Waals surface area contributed by atoms with E-state index in [1.165, 1.54) is 18.2 Å². The van der Waals surface area contributed by atoms with Crippen LogP contribution in [0.5, 0.6) is 0 Å². The van der Waals surface area contributed by atoms with E-state index >= 15 is 0 Å². The van der Waals surface area contributed by atoms with Crippen LogP contribution in [0.4, 0.5) is 5.69 Å². The van der Waals surface area contributed by atoms with Crippen molar-refractivity contribution in [3.63, 3.8) is 0 Å². The molecule has 0 aliphatic carbocycles. The summed E-state index contributed by atoms with van der Waals surface area (Å²) in [7, 11) is -3.57. The summed E-state index contributed by atoms with van der Waals surface area (Å²) >= 11 is 5.76. The highest BCUT2D eigenvalue weighted by Crippen LogP contribution is 2.22. The molecule has 0 saturated heterocycles. The van der Waals surface area contributed by atoms with Crippen LogP contribution < -0.4 is 10.5 Å². The Kier molecular flexibility index (Phi) is 6.75. The van der Waals surface area contributed by atoms with Crippen LogP contribution in [0.3, 0.4) is 0 Å². The average Bonchev–Trinajstić information content (AvgIpc) is 2.38. The summed E-state index contributed by atoms with van der Waals surface area (Å²) in [5, 5.41) is 0.419. The van der Waals surface area contributed by atoms with Crippen molar-refractivity contribution in [2.75, 3.05) is 31.9 Å². The molecule has 0 saturated carbocycles. The minimum absolute atomic E-state index is 0.0738. The van der Waals surface area contributed by atoms with Gasteiger partial charge in [0.05, 0.1) is 5.69 Å². The Morgan fingerprint density at radius 2 is 1.95 bits per heavy atom. The predicted octanol–water partition coefficient (Wildman–Crippen LogP) is 1.93. The SMILES string of the molecule is CCN(CC)CCCNS(=O)(=O)c1ccc(Cl)cc1N. The number of nitrogens with one attached hydrogen (secondary N) is 1. The summed E-state index contributed by atoms with van der Waals surface area (Å²) in [4.78, 5) is 2.31. The Morgan fingerprint density at radius 1 is 1.30 bits per heavy atom. The molecule has 0 atom stereocenters. The van der Waals surface area contributed by atoms with Crippen molar-refractivity contribution < 1.29 is 8.42 Å². The highest BCUT2D eigenvalue weighted by molar-refractivity contribution is 7.89. The van der Waals surface area contributed by atoms with Gasteiger partial charge < -0.3 is 10.6 Å². The molecule has 0 aliphatic rings. The third-order valence-electron chi connectivity index (χ3n) is 3.10. The first-order valence-electron chi connectivity index (χ1n) is 6.67. The number of hydrogen-bond donors (Lipinski definition) is 2. The fourth-order valence-electron chi connectivity index (χ4n) is 1.89. The van der Waals surface area contributed by atoms with E-state index in [4.69, 9.17) is 17.3 Å². The normalized spacial score (nSPS) is 12.0. The lowest BCUT2D eigenvalue weighted by molar-refractivity contribution is 0.300. The average molecular weight is 320 g/mol. The lowest BCUT2D eigenvalue weighted by Gasteiger charge is -2.17. The quantitative estimate of drug-likeness (QED) is 0.567. The van der Waals surface area contributed by atoms with Crippen molar-refractivity contribution in [3.8, 4) is 0 Å². The highest BCUT2D eigenvalue weighted by Gasteiger charge is 2.16. The lowest BCUT2D eigenvalue weighted by Crippen LogP contribution is -2.30. The monoisotopic (exact) mass is 319 g/mol. The van der Waals surface area contributed by atoms with Crippen molar-refractivity contribution in [3.05, 3.63) is 23.2 Å². The molecule has 5 nitrogen and oxygen atoms in total. The maximum atomic E-state index is 12.1. The first-order valence-corrected chi connectivity index (χ1v) is 8.53. The summed E-state index contributed by atoms with van der Waals surface area (Å²) < 4.78 is 26.8. The molecule has 0 amide bonds. The van der Waals surface area contributed by atoms with E-state index in [1.54, 1.807) is 0 Å². The van der Waals surface area contributed by atoms with Crippen LogP contribution in [0, 0.1) is 0 Å². The second-order valence-electron chi connectivity index (χ2n) is 4.46. The zero-order valence-electron chi connectivity index (χ0n) is 11.9. The number of nitrogen functional groups attached to an aromatic ring is 1. The standard InChI is InChI=1S/C13H22ClN3O2S/c1-3-17(4-2)9-5-8-16-20(18,19)13-7-6-11(14)10-12(13)15/h6-7,10,16H,3-5,8-9,15H2,1-2H3. The molecular formula is C13H22ClN3O2S. The number of halogens is 1. The molecule has 20 heavy (non-hydrogen) atoms. The minimum atomic E-state index is -3.57. The van der Waals surface area contributed by atoms with Gasteiger partial charge in [0.15, 0.2) is 0 Å². The predicted molar refractivity (Wildman–Crippen MR) is 83.5 cm³/mol. The Morgan fingerprint density at radius 3 is 2.50 bits per heavy atom. The van der Waals surface area contributed by atoms with E-state index in [0.29, 0.717) is 11.6 Å². The first kappa shape index (κ1) is 17.2. The van der Waals surface area contributed by atoms with Gasteiger partial charge in [-0.05, 0) is 44.3 Å². The molecule has 0 spiro atoms. The van der Waals surface area contributed by atoms with Crippen LogP contribution in [0.25, 0.3) is 0 Å². The topological polar surface area (TPSA) is 75.4 Å². The Hall–Kier alpha value is -0.820. The molecule has 0 aliphatic heterocycles. The van der Waals surface area contributed by atoms with Gasteiger partial charge in [0.2, 0.25) is 10.0 Å². The molecule has 0 fully saturated rings. The van der Waals surface area contributed by atoms with Gasteiger partial charge in [-0.1, -0.05) is 25.4 Å². The molecule has 1 aromatic carbocycles. The largest absolute Gasteiger partial charge is 0.398 e. The van der Waals surface area contributed by atoms with E-state index in [2.05, 4.69) is 23.5 Å². The number of nitrogens with zero attached hydrogens (tertiary/aromatic N) is 1. The molecule has 0 radical (unpaired) electrons. The van der Waals surface area contributed by atoms with Gasteiger partial charge >= 0.3 is 0 Å². The van der Waals surface area contributed by atoms with Crippen LogP contribution in [0.1, 0.15) is 20.3 Å². The molecule has 0 aromatic heterocycles. The van der Waals surface area contributed by atoms with Gasteiger partial charge in [0.1, 0.15) is 4.90 Å². The maximum absolute atomic E-state index is 12.1. The number of rotatable bonds is 8. The van der Waals surface area contributed by atoms with Gasteiger partial charge in [0.25, 0.3) is 0 Å². The van der Waals surface area contributed by atoms with E-state index in [0.717, 1.165) is 26.1 Å². The third-order valence-corrected chi connectivity index (χ3v) is 4.87. The van der Waals surface area contributed by atoms with Gasteiger partial charge in [-0.25, -0.2) is 13.1 Å². The number of nitrogens with two attached hydrogens (primary N) is 1. The van der Waals surface area contributed by atoms with Crippen molar-refractivity contribution in [1.82, 2.24) is 9.62 Å². The smallest absolute Gasteiger partial charge is 0.242 e. The van der Waals surface area contributed by atoms with Crippen LogP contribution >= 0.6 is 11.6 Å². The Labute approximate surface area is 126 Å². The zero-order valence-corrected chi connectivity index (χ0v) is 13.5. The van der Waals surface area contributed by atoms with Gasteiger partial charge in [-0.15, -0.1) is 0 Å². The first-order chi connectivity index (χ1) is 9.40. The summed E-state index contributed by atoms with van der Waals surface area (Å²) in [5.41, 5.74) is 5.85. The number of anilines is 1. The third kappa shape index (κ3) is 4.94. The number of hydrogen-bond acceptors (Lipinski definition) is 4. The molecule has 7 heteroatoms. The summed E-state index contributed by atoms with van der Waals surface area (Å²) in [6.45, 7) is 7.36. The zero-order chi connectivity index (χ0) is 15.2. The van der Waals surface area contributed by atoms with Crippen molar-refractivity contribution in [2.45, 2.75) is 25.2 Å². The molecule has 0 heterocycles. The van der Waals surface area contributed by atoms with Crippen molar-refractivity contribution >= 4 is 27.3 Å². The van der Waals surface area contributed by atoms with E-state index in [1.807, 2.05) is 0 Å². The van der Waals surface area contributed by atoms with E-state index in [-0.39, 0.29) is 10.6 Å². The van der Waals surface area contributed by atoms with Crippen LogP contribution in [-0.2, 0) is 10.0 Å². The van der Waals surface area contributed by atoms with E-state index in [9.17, 15) is 8.42 Å². The van der Waals surface area contributed by atoms with Crippen LogP contribution in [0.15, 0.2) is 23.1 Å². The molecule has 114 valence electrons. The fraction of sp³-hybridized carbons (Fsp3) is 0.538. The van der Waals surface area contributed by atoms with Crippen LogP contribution in [0.2, 0.25) is 5.02 Å². The Balaban J connectivity index is 2.58. The van der Waals surface area contributed by atoms with Gasteiger partial charge in [-0.2, -0.15) is 0 Å². The second kappa shape index (κ2) is 7.83. The van der Waals surface area contributed by atoms with Gasteiger partial charge in [-0.3, -0.25) is 0 Å². The van der Waals surface area contributed by atoms with Crippen molar-refractivity contribution in [1.29, 1.82) is 0 Å². The highest BCUT2D eigenvalue weighted by atomic mass is 35.5. The van der Waals surface area contributed by atoms with Crippen molar-refractivity contribution in [2.24, 2.45) is 0 Å². The molecule has 0 unspecified atom stereocenters. The fourth-order valence-corrected chi connectivity index (χ4v) is 3.26. The Bertz CT molecular complexity index is 530. The summed E-state index contributed by atoms with van der Waals surface area (Å²) in [5.74, 6) is 0. The molecule has 1 rings (SSSR count). The molecular weight excluding hydrogens is 298 g/mol. The molecule has 3 N–H and O–H groups in total. The van der Waals surface area contributed by atoms with Gasteiger partial charge in [0, 0.05) is 11.6 Å². The molecule has 0 bridgehead atoms. The number of sulfonamides is 1. The molecule has 1 aromatic rings. The number of benzene rings is 1. The minimum Gasteiger partial charge on any atom is -0.398 e. The summed E-state index contributed by atoms with van der Waals surface area (Å²) in [6.07, 6.45) is 0.758. The lowest BCUT2D eigenvalue weighted by atomic mass is 10.3. The van der Waals surface area contributed by atoms with Crippen LogP contribution in [-0.4, -0.2) is 39.5 Å². The maximum Gasteiger partial charge on any atom is 0.242 e.